The number of rotatable bonds is 5. The van der Waals surface area contributed by atoms with Crippen molar-refractivity contribution in [3.63, 3.8) is 0 Å². The van der Waals surface area contributed by atoms with Gasteiger partial charge in [-0.05, 0) is 48.9 Å². The lowest BCUT2D eigenvalue weighted by Crippen LogP contribution is -2.33. The number of benzene rings is 2. The van der Waals surface area contributed by atoms with Gasteiger partial charge in [0.05, 0.1) is 23.1 Å². The Morgan fingerprint density at radius 2 is 1.96 bits per heavy atom. The molecule has 5 nitrogen and oxygen atoms in total. The first kappa shape index (κ1) is 19.5. The first-order chi connectivity index (χ1) is 12.8. The maximum Gasteiger partial charge on any atom is 0.335 e. The van der Waals surface area contributed by atoms with Crippen LogP contribution in [-0.4, -0.2) is 31.8 Å². The third kappa shape index (κ3) is 3.90. The Bertz CT molecular complexity index is 989. The van der Waals surface area contributed by atoms with Gasteiger partial charge in [0.25, 0.3) is 0 Å². The number of nitrogens with zero attached hydrogens (tertiary/aromatic N) is 1. The van der Waals surface area contributed by atoms with Crippen molar-refractivity contribution in [3.8, 4) is 0 Å². The summed E-state index contributed by atoms with van der Waals surface area (Å²) in [5, 5.41) is 0.405. The quantitative estimate of drug-likeness (QED) is 0.706. The summed E-state index contributed by atoms with van der Waals surface area (Å²) in [7, 11) is -3.95. The van der Waals surface area contributed by atoms with Crippen molar-refractivity contribution in [1.82, 2.24) is 4.31 Å². The molecule has 0 radical (unpaired) electrons. The van der Waals surface area contributed by atoms with Gasteiger partial charge < -0.3 is 4.74 Å². The lowest BCUT2D eigenvalue weighted by molar-refractivity contribution is -0.138. The molecule has 0 N–H and O–H groups in total. The fourth-order valence-corrected chi connectivity index (χ4v) is 4.63. The molecule has 1 aliphatic heterocycles. The highest BCUT2D eigenvalue weighted by Crippen LogP contribution is 2.38. The van der Waals surface area contributed by atoms with Crippen LogP contribution in [-0.2, 0) is 19.6 Å². The molecule has 1 atom stereocenters. The number of hydrogen-bond acceptors (Lipinski definition) is 4. The monoisotopic (exact) mass is 409 g/mol. The van der Waals surface area contributed by atoms with Crippen molar-refractivity contribution in [3.05, 3.63) is 76.6 Å². The van der Waals surface area contributed by atoms with Crippen molar-refractivity contribution in [2.45, 2.75) is 17.9 Å². The zero-order chi connectivity index (χ0) is 19.6. The standard InChI is InChI=1S/C19H17ClFNO4S/c1-2-26-19(23)17-10-11-22(18(17)13-4-3-5-15(21)12-13)27(24,25)16-8-6-14(20)7-9-16/h3-10,12,18H,2,11H2,1H3. The summed E-state index contributed by atoms with van der Waals surface area (Å²) in [5.74, 6) is -1.15. The number of ether oxygens (including phenoxy) is 1. The van der Waals surface area contributed by atoms with Crippen LogP contribution in [0.25, 0.3) is 0 Å². The fourth-order valence-electron chi connectivity index (χ4n) is 2.97. The highest BCUT2D eigenvalue weighted by Gasteiger charge is 2.41. The highest BCUT2D eigenvalue weighted by molar-refractivity contribution is 7.89. The van der Waals surface area contributed by atoms with Gasteiger partial charge in [-0.15, -0.1) is 0 Å². The van der Waals surface area contributed by atoms with Crippen LogP contribution in [0, 0.1) is 5.82 Å². The molecule has 0 saturated carbocycles. The number of carbonyl (C=O) groups excluding carboxylic acids is 1. The minimum atomic E-state index is -3.95. The van der Waals surface area contributed by atoms with Crippen LogP contribution >= 0.6 is 11.6 Å². The second-order valence-corrected chi connectivity index (χ2v) is 8.19. The largest absolute Gasteiger partial charge is 0.463 e. The zero-order valence-corrected chi connectivity index (χ0v) is 16.0. The molecule has 0 saturated heterocycles. The van der Waals surface area contributed by atoms with E-state index in [2.05, 4.69) is 0 Å². The molecule has 142 valence electrons. The van der Waals surface area contributed by atoms with E-state index in [0.29, 0.717) is 10.6 Å². The molecule has 2 aromatic rings. The Morgan fingerprint density at radius 3 is 2.59 bits per heavy atom. The van der Waals surface area contributed by atoms with Gasteiger partial charge in [0.1, 0.15) is 5.82 Å². The van der Waals surface area contributed by atoms with Gasteiger partial charge in [0.2, 0.25) is 10.0 Å². The van der Waals surface area contributed by atoms with E-state index >= 15 is 0 Å². The van der Waals surface area contributed by atoms with E-state index in [1.54, 1.807) is 13.0 Å². The summed E-state index contributed by atoms with van der Waals surface area (Å²) in [6, 6.07) is 10.3. The lowest BCUT2D eigenvalue weighted by atomic mass is 10.0. The highest BCUT2D eigenvalue weighted by atomic mass is 35.5. The van der Waals surface area contributed by atoms with Crippen LogP contribution < -0.4 is 0 Å². The predicted molar refractivity (Wildman–Crippen MR) is 99.2 cm³/mol. The SMILES string of the molecule is CCOC(=O)C1=CCN(S(=O)(=O)c2ccc(Cl)cc2)C1c1cccc(F)c1. The predicted octanol–water partition coefficient (Wildman–Crippen LogP) is 3.71. The number of sulfonamides is 1. The van der Waals surface area contributed by atoms with Crippen molar-refractivity contribution >= 4 is 27.6 Å². The summed E-state index contributed by atoms with van der Waals surface area (Å²) < 4.78 is 46.3. The minimum Gasteiger partial charge on any atom is -0.463 e. The summed E-state index contributed by atoms with van der Waals surface area (Å²) >= 11 is 5.84. The van der Waals surface area contributed by atoms with Crippen molar-refractivity contribution in [2.24, 2.45) is 0 Å². The van der Waals surface area contributed by atoms with Crippen molar-refractivity contribution in [2.75, 3.05) is 13.2 Å². The van der Waals surface area contributed by atoms with Crippen molar-refractivity contribution in [1.29, 1.82) is 0 Å². The van der Waals surface area contributed by atoms with E-state index in [9.17, 15) is 17.6 Å². The van der Waals surface area contributed by atoms with Gasteiger partial charge >= 0.3 is 5.97 Å². The molecule has 2 aromatic carbocycles. The van der Waals surface area contributed by atoms with E-state index in [4.69, 9.17) is 16.3 Å². The lowest BCUT2D eigenvalue weighted by Gasteiger charge is -2.26. The maximum absolute atomic E-state index is 13.8. The molecular formula is C19H17ClFNO4S. The van der Waals surface area contributed by atoms with E-state index < -0.39 is 27.9 Å². The molecule has 3 rings (SSSR count). The Hall–Kier alpha value is -2.22. The Labute approximate surface area is 162 Å². The molecule has 8 heteroatoms. The van der Waals surface area contributed by atoms with Crippen LogP contribution in [0.3, 0.4) is 0 Å². The molecule has 0 aromatic heterocycles. The van der Waals surface area contributed by atoms with Crippen molar-refractivity contribution < 1.29 is 22.3 Å². The first-order valence-electron chi connectivity index (χ1n) is 8.24. The van der Waals surface area contributed by atoms with E-state index in [-0.39, 0.29) is 23.6 Å². The number of halogens is 2. The van der Waals surface area contributed by atoms with E-state index in [0.717, 1.165) is 4.31 Å². The van der Waals surface area contributed by atoms with Crippen LogP contribution in [0.1, 0.15) is 18.5 Å². The van der Waals surface area contributed by atoms with Crippen LogP contribution in [0.2, 0.25) is 5.02 Å². The van der Waals surface area contributed by atoms with Crippen LogP contribution in [0.15, 0.2) is 65.1 Å². The second kappa shape index (κ2) is 7.80. The number of esters is 1. The molecule has 1 aliphatic rings. The molecule has 1 unspecified atom stereocenters. The second-order valence-electron chi connectivity index (χ2n) is 5.87. The molecule has 0 aliphatic carbocycles. The average molecular weight is 410 g/mol. The molecular weight excluding hydrogens is 393 g/mol. The minimum absolute atomic E-state index is 0.0275. The molecule has 27 heavy (non-hydrogen) atoms. The summed E-state index contributed by atoms with van der Waals surface area (Å²) in [4.78, 5) is 12.4. The smallest absolute Gasteiger partial charge is 0.335 e. The molecule has 0 spiro atoms. The zero-order valence-electron chi connectivity index (χ0n) is 14.4. The van der Waals surface area contributed by atoms with E-state index in [1.807, 2.05) is 0 Å². The fraction of sp³-hybridized carbons (Fsp3) is 0.211. The first-order valence-corrected chi connectivity index (χ1v) is 10.1. The maximum atomic E-state index is 13.8. The van der Waals surface area contributed by atoms with Gasteiger partial charge in [-0.3, -0.25) is 0 Å². The normalized spacial score (nSPS) is 17.6. The Balaban J connectivity index is 2.06. The summed E-state index contributed by atoms with van der Waals surface area (Å²) in [6.07, 6.45) is 1.50. The number of hydrogen-bond donors (Lipinski definition) is 0. The average Bonchev–Trinajstić information content (AvgIpc) is 3.08. The van der Waals surface area contributed by atoms with Gasteiger partial charge in [0.15, 0.2) is 0 Å². The molecule has 1 heterocycles. The number of carbonyl (C=O) groups is 1. The van der Waals surface area contributed by atoms with Gasteiger partial charge in [-0.2, -0.15) is 4.31 Å². The summed E-state index contributed by atoms with van der Waals surface area (Å²) in [5.41, 5.74) is 0.518. The third-order valence-electron chi connectivity index (χ3n) is 4.17. The van der Waals surface area contributed by atoms with Gasteiger partial charge in [-0.1, -0.05) is 29.8 Å². The molecule has 0 fully saturated rings. The Morgan fingerprint density at radius 1 is 1.26 bits per heavy atom. The third-order valence-corrected chi connectivity index (χ3v) is 6.27. The van der Waals surface area contributed by atoms with Crippen LogP contribution in [0.5, 0.6) is 0 Å². The topological polar surface area (TPSA) is 63.7 Å². The van der Waals surface area contributed by atoms with Gasteiger partial charge in [-0.25, -0.2) is 17.6 Å². The van der Waals surface area contributed by atoms with Gasteiger partial charge in [0, 0.05) is 11.6 Å². The summed E-state index contributed by atoms with van der Waals surface area (Å²) in [6.45, 7) is 1.78. The Kier molecular flexibility index (Phi) is 5.64. The van der Waals surface area contributed by atoms with Crippen LogP contribution in [0.4, 0.5) is 4.39 Å². The molecule has 0 amide bonds. The molecule has 0 bridgehead atoms. The van der Waals surface area contributed by atoms with E-state index in [1.165, 1.54) is 48.5 Å².